The third kappa shape index (κ3) is 2.56. The Hall–Kier alpha value is -1.08. The van der Waals surface area contributed by atoms with Crippen molar-refractivity contribution in [2.24, 2.45) is 0 Å². The summed E-state index contributed by atoms with van der Waals surface area (Å²) in [5, 5.41) is 9.08. The first-order valence-electron chi connectivity index (χ1n) is 6.05. The van der Waals surface area contributed by atoms with Gasteiger partial charge in [0.2, 0.25) is 0 Å². The van der Waals surface area contributed by atoms with Crippen molar-refractivity contribution in [3.63, 3.8) is 0 Å². The second-order valence-electron chi connectivity index (χ2n) is 5.23. The Morgan fingerprint density at radius 2 is 2.10 bits per heavy atom. The lowest BCUT2D eigenvalue weighted by molar-refractivity contribution is -0.139. The van der Waals surface area contributed by atoms with Crippen LogP contribution in [0.3, 0.4) is 0 Å². The van der Waals surface area contributed by atoms with Crippen molar-refractivity contribution in [2.45, 2.75) is 30.8 Å². The van der Waals surface area contributed by atoms with Gasteiger partial charge in [0.25, 0.3) is 0 Å². The van der Waals surface area contributed by atoms with E-state index in [1.807, 2.05) is 6.07 Å². The Morgan fingerprint density at radius 3 is 2.70 bits per heavy atom. The third-order valence-electron chi connectivity index (χ3n) is 3.46. The van der Waals surface area contributed by atoms with Crippen molar-refractivity contribution < 1.29 is 23.1 Å². The van der Waals surface area contributed by atoms with Crippen LogP contribution < -0.4 is 4.74 Å². The van der Waals surface area contributed by atoms with Gasteiger partial charge in [-0.3, -0.25) is 4.79 Å². The first-order valence-corrected chi connectivity index (χ1v) is 8.49. The topological polar surface area (TPSA) is 80.7 Å². The molecule has 0 unspecified atom stereocenters. The summed E-state index contributed by atoms with van der Waals surface area (Å²) in [6.45, 7) is 2.91. The molecule has 0 aromatic heterocycles. The molecule has 0 spiro atoms. The van der Waals surface area contributed by atoms with Crippen molar-refractivity contribution in [3.05, 3.63) is 27.7 Å². The number of ether oxygens (including phenoxy) is 1. The number of carboxylic acid groups (broad SMARTS) is 1. The summed E-state index contributed by atoms with van der Waals surface area (Å²) >= 11 is 3.34. The van der Waals surface area contributed by atoms with Crippen molar-refractivity contribution in [1.29, 1.82) is 0 Å². The predicted octanol–water partition coefficient (Wildman–Crippen LogP) is 2.16. The summed E-state index contributed by atoms with van der Waals surface area (Å²) in [5.74, 6) is -1.14. The molecule has 1 aliphatic rings. The predicted molar refractivity (Wildman–Crippen MR) is 77.7 cm³/mol. The molecule has 0 atom stereocenters. The molecule has 1 aliphatic heterocycles. The molecule has 0 bridgehead atoms. The van der Waals surface area contributed by atoms with Gasteiger partial charge < -0.3 is 9.84 Å². The Morgan fingerprint density at radius 1 is 1.45 bits per heavy atom. The fourth-order valence-electron chi connectivity index (χ4n) is 1.97. The Bertz CT molecular complexity index is 664. The quantitative estimate of drug-likeness (QED) is 0.887. The van der Waals surface area contributed by atoms with Gasteiger partial charge in [0.05, 0.1) is 12.4 Å². The minimum absolute atomic E-state index is 0.353. The molecule has 1 aromatic carbocycles. The fourth-order valence-corrected chi connectivity index (χ4v) is 3.77. The van der Waals surface area contributed by atoms with Crippen LogP contribution in [0.5, 0.6) is 5.75 Å². The molecule has 0 amide bonds. The van der Waals surface area contributed by atoms with E-state index >= 15 is 0 Å². The summed E-state index contributed by atoms with van der Waals surface area (Å²) in [7, 11) is -3.85. The van der Waals surface area contributed by atoms with Crippen LogP contribution in [-0.2, 0) is 26.8 Å². The lowest BCUT2D eigenvalue weighted by atomic mass is 10.1. The second kappa shape index (κ2) is 5.04. The maximum Gasteiger partial charge on any atom is 0.324 e. The van der Waals surface area contributed by atoms with E-state index in [2.05, 4.69) is 15.9 Å². The molecule has 0 saturated carbocycles. The van der Waals surface area contributed by atoms with Gasteiger partial charge in [-0.15, -0.1) is 0 Å². The SMILES string of the molecule is CC(C)(C(=O)O)S(=O)(=O)Cc1cc(Br)cc2c1OCC2. The van der Waals surface area contributed by atoms with Crippen LogP contribution in [0.1, 0.15) is 25.0 Å². The maximum atomic E-state index is 12.3. The van der Waals surface area contributed by atoms with Crippen LogP contribution >= 0.6 is 15.9 Å². The molecule has 1 aromatic rings. The number of fused-ring (bicyclic) bond motifs is 1. The van der Waals surface area contributed by atoms with Gasteiger partial charge >= 0.3 is 5.97 Å². The molecule has 0 radical (unpaired) electrons. The Labute approximate surface area is 126 Å². The number of aliphatic carboxylic acids is 1. The van der Waals surface area contributed by atoms with Gasteiger partial charge in [0.15, 0.2) is 14.6 Å². The zero-order chi connectivity index (χ0) is 15.1. The lowest BCUT2D eigenvalue weighted by Crippen LogP contribution is -2.41. The Balaban J connectivity index is 2.43. The average Bonchev–Trinajstić information content (AvgIpc) is 2.75. The van der Waals surface area contributed by atoms with Gasteiger partial charge in [-0.2, -0.15) is 0 Å². The molecule has 110 valence electrons. The number of sulfone groups is 1. The molecule has 7 heteroatoms. The van der Waals surface area contributed by atoms with Crippen molar-refractivity contribution in [1.82, 2.24) is 0 Å². The normalized spacial score (nSPS) is 14.8. The minimum atomic E-state index is -3.85. The van der Waals surface area contributed by atoms with Crippen molar-refractivity contribution >= 4 is 31.7 Å². The lowest BCUT2D eigenvalue weighted by Gasteiger charge is -2.20. The van der Waals surface area contributed by atoms with Gasteiger partial charge in [0, 0.05) is 16.5 Å². The zero-order valence-electron chi connectivity index (χ0n) is 11.1. The molecule has 0 saturated heterocycles. The monoisotopic (exact) mass is 362 g/mol. The number of benzene rings is 1. The van der Waals surface area contributed by atoms with Gasteiger partial charge in [-0.05, 0) is 31.5 Å². The van der Waals surface area contributed by atoms with Crippen LogP contribution in [0.4, 0.5) is 0 Å². The average molecular weight is 363 g/mol. The maximum absolute atomic E-state index is 12.3. The van der Waals surface area contributed by atoms with Gasteiger partial charge in [-0.1, -0.05) is 15.9 Å². The van der Waals surface area contributed by atoms with Crippen molar-refractivity contribution in [3.8, 4) is 5.75 Å². The van der Waals surface area contributed by atoms with E-state index in [1.54, 1.807) is 6.07 Å². The third-order valence-corrected chi connectivity index (χ3v) is 6.34. The summed E-state index contributed by atoms with van der Waals surface area (Å²) in [4.78, 5) is 11.1. The number of hydrogen-bond donors (Lipinski definition) is 1. The van der Waals surface area contributed by atoms with Crippen LogP contribution in [0.15, 0.2) is 16.6 Å². The van der Waals surface area contributed by atoms with E-state index in [4.69, 9.17) is 9.84 Å². The number of halogens is 1. The molecule has 1 N–H and O–H groups in total. The minimum Gasteiger partial charge on any atom is -0.493 e. The highest BCUT2D eigenvalue weighted by atomic mass is 79.9. The molecular weight excluding hydrogens is 348 g/mol. The highest BCUT2D eigenvalue weighted by molar-refractivity contribution is 9.10. The molecule has 2 rings (SSSR count). The molecule has 0 fully saturated rings. The smallest absolute Gasteiger partial charge is 0.324 e. The molecule has 20 heavy (non-hydrogen) atoms. The Kier molecular flexibility index (Phi) is 3.85. The van der Waals surface area contributed by atoms with E-state index in [9.17, 15) is 13.2 Å². The van der Waals surface area contributed by atoms with Gasteiger partial charge in [0.1, 0.15) is 5.75 Å². The molecule has 1 heterocycles. The number of hydrogen-bond acceptors (Lipinski definition) is 4. The van der Waals surface area contributed by atoms with E-state index in [-0.39, 0.29) is 5.75 Å². The summed E-state index contributed by atoms with van der Waals surface area (Å²) < 4.78 is 29.0. The highest BCUT2D eigenvalue weighted by Crippen LogP contribution is 2.35. The van der Waals surface area contributed by atoms with E-state index in [0.717, 1.165) is 16.5 Å². The van der Waals surface area contributed by atoms with Crippen LogP contribution in [-0.4, -0.2) is 30.8 Å². The summed E-state index contributed by atoms with van der Waals surface area (Å²) in [5.41, 5.74) is 1.44. The molecule has 0 aliphatic carbocycles. The van der Waals surface area contributed by atoms with E-state index in [1.165, 1.54) is 13.8 Å². The number of carbonyl (C=O) groups is 1. The fraction of sp³-hybridized carbons (Fsp3) is 0.462. The first-order chi connectivity index (χ1) is 9.15. The standard InChI is InChI=1S/C13H15BrO5S/c1-13(2,12(15)16)20(17,18)7-9-6-10(14)5-8-3-4-19-11(8)9/h5-6H,3-4,7H2,1-2H3,(H,15,16). The van der Waals surface area contributed by atoms with Crippen LogP contribution in [0.25, 0.3) is 0 Å². The van der Waals surface area contributed by atoms with Crippen molar-refractivity contribution in [2.75, 3.05) is 6.61 Å². The largest absolute Gasteiger partial charge is 0.493 e. The molecule has 5 nitrogen and oxygen atoms in total. The van der Waals surface area contributed by atoms with E-state index in [0.29, 0.717) is 17.9 Å². The zero-order valence-corrected chi connectivity index (χ0v) is 13.5. The highest BCUT2D eigenvalue weighted by Gasteiger charge is 2.42. The van der Waals surface area contributed by atoms with Crippen LogP contribution in [0.2, 0.25) is 0 Å². The second-order valence-corrected chi connectivity index (χ2v) is 8.68. The molecular formula is C13H15BrO5S. The summed E-state index contributed by atoms with van der Waals surface area (Å²) in [6, 6.07) is 3.56. The number of rotatable bonds is 4. The van der Waals surface area contributed by atoms with Crippen LogP contribution in [0, 0.1) is 0 Å². The first kappa shape index (κ1) is 15.3. The number of carboxylic acids is 1. The van der Waals surface area contributed by atoms with Gasteiger partial charge in [-0.25, -0.2) is 8.42 Å². The summed E-state index contributed by atoms with van der Waals surface area (Å²) in [6.07, 6.45) is 0.726. The van der Waals surface area contributed by atoms with E-state index < -0.39 is 20.6 Å².